The van der Waals surface area contributed by atoms with Crippen molar-refractivity contribution < 1.29 is 9.21 Å². The van der Waals surface area contributed by atoms with Crippen molar-refractivity contribution in [2.75, 3.05) is 10.2 Å². The molecule has 37 heavy (non-hydrogen) atoms. The average Bonchev–Trinajstić information content (AvgIpc) is 3.50. The number of amides is 1. The van der Waals surface area contributed by atoms with Gasteiger partial charge >= 0.3 is 0 Å². The summed E-state index contributed by atoms with van der Waals surface area (Å²) in [4.78, 5) is 18.6. The minimum atomic E-state index is -0.268. The van der Waals surface area contributed by atoms with Crippen LogP contribution in [0.1, 0.15) is 48.0 Å². The van der Waals surface area contributed by atoms with Gasteiger partial charge in [-0.3, -0.25) is 9.78 Å². The number of rotatable bonds is 6. The number of hydrogen-bond acceptors (Lipinski definition) is 4. The standard InChI is InChI=1S/C29H27BrN4O2S/c1-4-26(35)32-22-11-9-19(16-18(22)3)34-28(27(33-29(34)37)23-7-5-6-14-31-23)25-13-12-24(36-25)20-10-8-17(2)15-21(20)30/h5-16,27-28H,4H2,1-3H3,(H,32,35)(H,33,37)/t27-,28-/m1/s1. The molecule has 1 fully saturated rings. The lowest BCUT2D eigenvalue weighted by Crippen LogP contribution is -2.29. The summed E-state index contributed by atoms with van der Waals surface area (Å²) >= 11 is 9.52. The molecule has 3 heterocycles. The maximum atomic E-state index is 12.0. The van der Waals surface area contributed by atoms with Gasteiger partial charge in [-0.05, 0) is 91.8 Å². The minimum Gasteiger partial charge on any atom is -0.459 e. The van der Waals surface area contributed by atoms with E-state index in [9.17, 15) is 4.79 Å². The van der Waals surface area contributed by atoms with Gasteiger partial charge in [0.25, 0.3) is 0 Å². The number of carbonyl (C=O) groups is 1. The molecule has 0 spiro atoms. The zero-order valence-electron chi connectivity index (χ0n) is 20.8. The van der Waals surface area contributed by atoms with Crippen molar-refractivity contribution in [3.63, 3.8) is 0 Å². The number of halogens is 1. The van der Waals surface area contributed by atoms with Crippen molar-refractivity contribution in [2.24, 2.45) is 0 Å². The quantitative estimate of drug-likeness (QED) is 0.236. The van der Waals surface area contributed by atoms with Crippen molar-refractivity contribution in [1.29, 1.82) is 0 Å². The predicted molar refractivity (Wildman–Crippen MR) is 155 cm³/mol. The van der Waals surface area contributed by atoms with Crippen LogP contribution in [0.2, 0.25) is 0 Å². The van der Waals surface area contributed by atoms with E-state index in [1.807, 2.05) is 62.4 Å². The van der Waals surface area contributed by atoms with Crippen LogP contribution in [0.15, 0.2) is 81.8 Å². The molecule has 188 valence electrons. The van der Waals surface area contributed by atoms with E-state index in [0.717, 1.165) is 44.2 Å². The van der Waals surface area contributed by atoms with E-state index in [-0.39, 0.29) is 18.0 Å². The molecular weight excluding hydrogens is 548 g/mol. The molecule has 1 aliphatic heterocycles. The summed E-state index contributed by atoms with van der Waals surface area (Å²) in [5, 5.41) is 7.01. The van der Waals surface area contributed by atoms with Gasteiger partial charge in [0.15, 0.2) is 5.11 Å². The van der Waals surface area contributed by atoms with E-state index in [4.69, 9.17) is 16.6 Å². The number of aryl methyl sites for hydroxylation is 2. The number of aromatic nitrogens is 1. The largest absolute Gasteiger partial charge is 0.459 e. The first-order valence-electron chi connectivity index (χ1n) is 12.1. The Morgan fingerprint density at radius 2 is 1.97 bits per heavy atom. The number of thiocarbonyl (C=S) groups is 1. The molecule has 1 aliphatic rings. The Labute approximate surface area is 230 Å². The second-order valence-corrected chi connectivity index (χ2v) is 10.3. The number of hydrogen-bond donors (Lipinski definition) is 2. The molecule has 0 unspecified atom stereocenters. The highest BCUT2D eigenvalue weighted by atomic mass is 79.9. The van der Waals surface area contributed by atoms with E-state index >= 15 is 0 Å². The molecule has 6 nitrogen and oxygen atoms in total. The fourth-order valence-electron chi connectivity index (χ4n) is 4.57. The third-order valence-corrected chi connectivity index (χ3v) is 7.46. The van der Waals surface area contributed by atoms with Crippen LogP contribution in [-0.4, -0.2) is 16.0 Å². The Balaban J connectivity index is 1.57. The van der Waals surface area contributed by atoms with Crippen LogP contribution in [-0.2, 0) is 4.79 Å². The molecule has 0 saturated carbocycles. The number of carbonyl (C=O) groups excluding carboxylic acids is 1. The summed E-state index contributed by atoms with van der Waals surface area (Å²) in [5.74, 6) is 1.52. The number of anilines is 2. The Kier molecular flexibility index (Phi) is 7.13. The SMILES string of the molecule is CCC(=O)Nc1ccc(N2C(=S)N[C@H](c3ccccn3)[C@H]2c2ccc(-c3ccc(C)cc3Br)o2)cc1C. The molecule has 0 aliphatic carbocycles. The number of furan rings is 1. The first-order chi connectivity index (χ1) is 17.9. The Bertz CT molecular complexity index is 1470. The summed E-state index contributed by atoms with van der Waals surface area (Å²) in [6.07, 6.45) is 2.21. The predicted octanol–water partition coefficient (Wildman–Crippen LogP) is 7.25. The van der Waals surface area contributed by atoms with Gasteiger partial charge in [0.2, 0.25) is 5.91 Å². The summed E-state index contributed by atoms with van der Waals surface area (Å²) < 4.78 is 7.47. The molecule has 0 radical (unpaired) electrons. The van der Waals surface area contributed by atoms with Crippen LogP contribution in [0.5, 0.6) is 0 Å². The van der Waals surface area contributed by atoms with E-state index in [1.165, 1.54) is 5.56 Å². The van der Waals surface area contributed by atoms with Gasteiger partial charge in [-0.1, -0.05) is 35.0 Å². The van der Waals surface area contributed by atoms with Crippen LogP contribution < -0.4 is 15.5 Å². The van der Waals surface area contributed by atoms with Crippen molar-refractivity contribution in [1.82, 2.24) is 10.3 Å². The molecule has 2 aromatic heterocycles. The van der Waals surface area contributed by atoms with Crippen molar-refractivity contribution in [2.45, 2.75) is 39.3 Å². The lowest BCUT2D eigenvalue weighted by atomic mass is 10.0. The van der Waals surface area contributed by atoms with Gasteiger partial charge in [0, 0.05) is 34.0 Å². The zero-order valence-corrected chi connectivity index (χ0v) is 23.2. The normalized spacial score (nSPS) is 17.1. The third-order valence-electron chi connectivity index (χ3n) is 6.49. The first kappa shape index (κ1) is 25.2. The van der Waals surface area contributed by atoms with Gasteiger partial charge in [-0.15, -0.1) is 0 Å². The summed E-state index contributed by atoms with van der Waals surface area (Å²) in [5.41, 5.74) is 5.67. The summed E-state index contributed by atoms with van der Waals surface area (Å²) in [6.45, 7) is 5.87. The molecule has 5 rings (SSSR count). The highest BCUT2D eigenvalue weighted by Gasteiger charge is 2.42. The van der Waals surface area contributed by atoms with E-state index in [1.54, 1.807) is 6.20 Å². The summed E-state index contributed by atoms with van der Waals surface area (Å²) in [7, 11) is 0. The van der Waals surface area contributed by atoms with Gasteiger partial charge < -0.3 is 20.0 Å². The van der Waals surface area contributed by atoms with Crippen molar-refractivity contribution in [3.8, 4) is 11.3 Å². The number of pyridine rings is 1. The third kappa shape index (κ3) is 5.04. The van der Waals surface area contributed by atoms with Crippen LogP contribution in [0.25, 0.3) is 11.3 Å². The highest BCUT2D eigenvalue weighted by molar-refractivity contribution is 9.10. The molecule has 4 aromatic rings. The van der Waals surface area contributed by atoms with E-state index < -0.39 is 0 Å². The summed E-state index contributed by atoms with van der Waals surface area (Å²) in [6, 6.07) is 21.5. The lowest BCUT2D eigenvalue weighted by molar-refractivity contribution is -0.115. The van der Waals surface area contributed by atoms with Gasteiger partial charge in [0.1, 0.15) is 17.6 Å². The highest BCUT2D eigenvalue weighted by Crippen LogP contribution is 2.44. The Hall–Kier alpha value is -3.49. The van der Waals surface area contributed by atoms with Crippen LogP contribution >= 0.6 is 28.1 Å². The lowest BCUT2D eigenvalue weighted by Gasteiger charge is -2.27. The topological polar surface area (TPSA) is 70.4 Å². The number of nitrogens with zero attached hydrogens (tertiary/aromatic N) is 2. The average molecular weight is 576 g/mol. The molecule has 1 saturated heterocycles. The molecule has 1 amide bonds. The van der Waals surface area contributed by atoms with Crippen molar-refractivity contribution in [3.05, 3.63) is 100.0 Å². The Morgan fingerprint density at radius 1 is 1.14 bits per heavy atom. The second kappa shape index (κ2) is 10.5. The molecule has 2 N–H and O–H groups in total. The monoisotopic (exact) mass is 574 g/mol. The fourth-order valence-corrected chi connectivity index (χ4v) is 5.61. The minimum absolute atomic E-state index is 0.0207. The maximum absolute atomic E-state index is 12.0. The molecule has 2 atom stereocenters. The number of nitrogens with one attached hydrogen (secondary N) is 2. The zero-order chi connectivity index (χ0) is 26.1. The van der Waals surface area contributed by atoms with Crippen LogP contribution in [0, 0.1) is 13.8 Å². The van der Waals surface area contributed by atoms with Gasteiger partial charge in [0.05, 0.1) is 11.7 Å². The smallest absolute Gasteiger partial charge is 0.224 e. The maximum Gasteiger partial charge on any atom is 0.224 e. The second-order valence-electron chi connectivity index (χ2n) is 9.08. The van der Waals surface area contributed by atoms with Crippen LogP contribution in [0.4, 0.5) is 11.4 Å². The van der Waals surface area contributed by atoms with Gasteiger partial charge in [-0.2, -0.15) is 0 Å². The van der Waals surface area contributed by atoms with E-state index in [2.05, 4.69) is 61.6 Å². The number of benzene rings is 2. The molecule has 0 bridgehead atoms. The van der Waals surface area contributed by atoms with Crippen molar-refractivity contribution >= 4 is 50.5 Å². The molecule has 2 aromatic carbocycles. The van der Waals surface area contributed by atoms with E-state index in [0.29, 0.717) is 11.5 Å². The Morgan fingerprint density at radius 3 is 2.68 bits per heavy atom. The first-order valence-corrected chi connectivity index (χ1v) is 13.3. The molecule has 8 heteroatoms. The fraction of sp³-hybridized carbons (Fsp3) is 0.207. The van der Waals surface area contributed by atoms with Gasteiger partial charge in [-0.25, -0.2) is 0 Å². The molecular formula is C29H27BrN4O2S. The van der Waals surface area contributed by atoms with Crippen LogP contribution in [0.3, 0.4) is 0 Å².